The van der Waals surface area contributed by atoms with Gasteiger partial charge in [-0.1, -0.05) is 12.1 Å². The van der Waals surface area contributed by atoms with Gasteiger partial charge in [0.2, 0.25) is 0 Å². The Hall–Kier alpha value is -0.970. The average Bonchev–Trinajstić information content (AvgIpc) is 2.39. The zero-order chi connectivity index (χ0) is 13.9. The summed E-state index contributed by atoms with van der Waals surface area (Å²) in [6.07, 6.45) is 0. The van der Waals surface area contributed by atoms with Crippen LogP contribution in [0.2, 0.25) is 0 Å². The molecular formula is C15H24FN3. The Morgan fingerprint density at radius 3 is 2.47 bits per heavy atom. The fourth-order valence-electron chi connectivity index (χ4n) is 2.53. The second-order valence-corrected chi connectivity index (χ2v) is 5.91. The Balaban J connectivity index is 1.87. The van der Waals surface area contributed by atoms with Crippen molar-refractivity contribution in [2.45, 2.75) is 25.9 Å². The van der Waals surface area contributed by atoms with Crippen LogP contribution in [-0.2, 0) is 6.54 Å². The smallest absolute Gasteiger partial charge is 0.123 e. The summed E-state index contributed by atoms with van der Waals surface area (Å²) < 4.78 is 13.1. The second kappa shape index (κ2) is 5.99. The lowest BCUT2D eigenvalue weighted by Gasteiger charge is -2.43. The summed E-state index contributed by atoms with van der Waals surface area (Å²) in [4.78, 5) is 4.81. The predicted octanol–water partition coefficient (Wildman–Crippen LogP) is 1.68. The number of halogens is 1. The van der Waals surface area contributed by atoms with Gasteiger partial charge in [-0.15, -0.1) is 0 Å². The molecule has 0 unspecified atom stereocenters. The lowest BCUT2D eigenvalue weighted by Crippen LogP contribution is -2.57. The molecule has 1 saturated heterocycles. The Kier molecular flexibility index (Phi) is 4.55. The Bertz CT molecular complexity index is 412. The molecule has 1 aliphatic rings. The van der Waals surface area contributed by atoms with Crippen LogP contribution in [0.1, 0.15) is 19.4 Å². The molecule has 0 bridgehead atoms. The van der Waals surface area contributed by atoms with E-state index in [9.17, 15) is 4.39 Å². The summed E-state index contributed by atoms with van der Waals surface area (Å²) in [7, 11) is 0. The van der Waals surface area contributed by atoms with Crippen molar-refractivity contribution in [3.8, 4) is 0 Å². The standard InChI is InChI=1S/C15H24FN3/c1-15(2,12-17)19-8-6-18(7-9-19)11-13-4-3-5-14(16)10-13/h3-5,10H,6-9,11-12,17H2,1-2H3. The Labute approximate surface area is 115 Å². The molecule has 0 saturated carbocycles. The summed E-state index contributed by atoms with van der Waals surface area (Å²) in [6.45, 7) is 9.97. The number of hydrogen-bond acceptors (Lipinski definition) is 3. The Morgan fingerprint density at radius 1 is 1.21 bits per heavy atom. The van der Waals surface area contributed by atoms with E-state index in [1.165, 1.54) is 6.07 Å². The van der Waals surface area contributed by atoms with Gasteiger partial charge in [0.05, 0.1) is 0 Å². The van der Waals surface area contributed by atoms with Crippen LogP contribution in [0.3, 0.4) is 0 Å². The van der Waals surface area contributed by atoms with Crippen molar-refractivity contribution in [1.82, 2.24) is 9.80 Å². The highest BCUT2D eigenvalue weighted by molar-refractivity contribution is 5.16. The highest BCUT2D eigenvalue weighted by atomic mass is 19.1. The zero-order valence-electron chi connectivity index (χ0n) is 11.9. The van der Waals surface area contributed by atoms with Gasteiger partial charge in [-0.3, -0.25) is 9.80 Å². The van der Waals surface area contributed by atoms with Gasteiger partial charge in [-0.05, 0) is 31.5 Å². The van der Waals surface area contributed by atoms with Crippen LogP contribution >= 0.6 is 0 Å². The summed E-state index contributed by atoms with van der Waals surface area (Å²) in [5.41, 5.74) is 6.94. The van der Waals surface area contributed by atoms with E-state index in [1.807, 2.05) is 6.07 Å². The van der Waals surface area contributed by atoms with E-state index in [-0.39, 0.29) is 11.4 Å². The lowest BCUT2D eigenvalue weighted by atomic mass is 10.0. The first-order valence-corrected chi connectivity index (χ1v) is 6.93. The van der Waals surface area contributed by atoms with Crippen molar-refractivity contribution in [3.05, 3.63) is 35.6 Å². The van der Waals surface area contributed by atoms with E-state index < -0.39 is 0 Å². The number of nitrogens with two attached hydrogens (primary N) is 1. The SMILES string of the molecule is CC(C)(CN)N1CCN(Cc2cccc(F)c2)CC1. The van der Waals surface area contributed by atoms with Crippen molar-refractivity contribution in [3.63, 3.8) is 0 Å². The van der Waals surface area contributed by atoms with E-state index in [0.29, 0.717) is 6.54 Å². The number of piperazine rings is 1. The van der Waals surface area contributed by atoms with Gasteiger partial charge < -0.3 is 5.73 Å². The third kappa shape index (κ3) is 3.75. The summed E-state index contributed by atoms with van der Waals surface area (Å²) in [5, 5.41) is 0. The fraction of sp³-hybridized carbons (Fsp3) is 0.600. The minimum atomic E-state index is -0.152. The third-order valence-electron chi connectivity index (χ3n) is 4.02. The number of rotatable bonds is 4. The maximum absolute atomic E-state index is 13.1. The maximum atomic E-state index is 13.1. The first-order valence-electron chi connectivity index (χ1n) is 6.93. The van der Waals surface area contributed by atoms with E-state index in [0.717, 1.165) is 38.3 Å². The van der Waals surface area contributed by atoms with Crippen LogP contribution < -0.4 is 5.73 Å². The molecule has 1 aromatic rings. The molecule has 4 heteroatoms. The normalized spacial score (nSPS) is 18.7. The lowest BCUT2D eigenvalue weighted by molar-refractivity contribution is 0.0537. The zero-order valence-corrected chi connectivity index (χ0v) is 11.9. The first-order chi connectivity index (χ1) is 9.01. The maximum Gasteiger partial charge on any atom is 0.123 e. The van der Waals surface area contributed by atoms with Crippen molar-refractivity contribution in [2.75, 3.05) is 32.7 Å². The molecule has 0 atom stereocenters. The molecule has 0 aromatic heterocycles. The van der Waals surface area contributed by atoms with Crippen LogP contribution in [0.4, 0.5) is 4.39 Å². The van der Waals surface area contributed by atoms with E-state index in [1.54, 1.807) is 12.1 Å². The second-order valence-electron chi connectivity index (χ2n) is 5.91. The minimum Gasteiger partial charge on any atom is -0.329 e. The molecule has 1 fully saturated rings. The van der Waals surface area contributed by atoms with Gasteiger partial charge in [0, 0.05) is 44.8 Å². The molecule has 0 spiro atoms. The van der Waals surface area contributed by atoms with Crippen LogP contribution in [0.5, 0.6) is 0 Å². The molecule has 19 heavy (non-hydrogen) atoms. The van der Waals surface area contributed by atoms with E-state index in [4.69, 9.17) is 5.73 Å². The van der Waals surface area contributed by atoms with Gasteiger partial charge in [0.25, 0.3) is 0 Å². The average molecular weight is 265 g/mol. The summed E-state index contributed by atoms with van der Waals surface area (Å²) in [6, 6.07) is 6.87. The predicted molar refractivity (Wildman–Crippen MR) is 76.4 cm³/mol. The molecule has 0 radical (unpaired) electrons. The van der Waals surface area contributed by atoms with Crippen molar-refractivity contribution >= 4 is 0 Å². The van der Waals surface area contributed by atoms with Crippen LogP contribution in [-0.4, -0.2) is 48.1 Å². The summed E-state index contributed by atoms with van der Waals surface area (Å²) >= 11 is 0. The molecule has 1 aromatic carbocycles. The number of hydrogen-bond donors (Lipinski definition) is 1. The van der Waals surface area contributed by atoms with Crippen molar-refractivity contribution in [1.29, 1.82) is 0 Å². The van der Waals surface area contributed by atoms with Gasteiger partial charge >= 0.3 is 0 Å². The molecule has 106 valence electrons. The Morgan fingerprint density at radius 2 is 1.89 bits per heavy atom. The molecule has 1 heterocycles. The molecule has 1 aliphatic heterocycles. The molecular weight excluding hydrogens is 241 g/mol. The van der Waals surface area contributed by atoms with Gasteiger partial charge in [0.1, 0.15) is 5.82 Å². The third-order valence-corrected chi connectivity index (χ3v) is 4.02. The highest BCUT2D eigenvalue weighted by Crippen LogP contribution is 2.17. The molecule has 2 rings (SSSR count). The highest BCUT2D eigenvalue weighted by Gasteiger charge is 2.28. The van der Waals surface area contributed by atoms with E-state index in [2.05, 4.69) is 23.6 Å². The van der Waals surface area contributed by atoms with Gasteiger partial charge in [-0.25, -0.2) is 4.39 Å². The first kappa shape index (κ1) is 14.4. The molecule has 2 N–H and O–H groups in total. The van der Waals surface area contributed by atoms with Crippen molar-refractivity contribution in [2.24, 2.45) is 5.73 Å². The van der Waals surface area contributed by atoms with E-state index >= 15 is 0 Å². The monoisotopic (exact) mass is 265 g/mol. The molecule has 0 amide bonds. The van der Waals surface area contributed by atoms with Crippen molar-refractivity contribution < 1.29 is 4.39 Å². The number of benzene rings is 1. The van der Waals surface area contributed by atoms with Gasteiger partial charge in [-0.2, -0.15) is 0 Å². The molecule has 3 nitrogen and oxygen atoms in total. The molecule has 0 aliphatic carbocycles. The quantitative estimate of drug-likeness (QED) is 0.899. The van der Waals surface area contributed by atoms with Crippen LogP contribution in [0.15, 0.2) is 24.3 Å². The van der Waals surface area contributed by atoms with Crippen LogP contribution in [0, 0.1) is 5.82 Å². The van der Waals surface area contributed by atoms with Gasteiger partial charge in [0.15, 0.2) is 0 Å². The van der Waals surface area contributed by atoms with Crippen LogP contribution in [0.25, 0.3) is 0 Å². The largest absolute Gasteiger partial charge is 0.329 e. The topological polar surface area (TPSA) is 32.5 Å². The fourth-order valence-corrected chi connectivity index (χ4v) is 2.53. The minimum absolute atomic E-state index is 0.0744. The number of nitrogens with zero attached hydrogens (tertiary/aromatic N) is 2. The summed E-state index contributed by atoms with van der Waals surface area (Å²) in [5.74, 6) is -0.152.